The Morgan fingerprint density at radius 3 is 2.43 bits per heavy atom. The van der Waals surface area contributed by atoms with E-state index in [-0.39, 0.29) is 5.92 Å². The lowest BCUT2D eigenvalue weighted by molar-refractivity contribution is -0.138. The quantitative estimate of drug-likeness (QED) is 0.865. The summed E-state index contributed by atoms with van der Waals surface area (Å²) in [6.07, 6.45) is 1.47. The number of β-amino-alcohol motifs (C(OH)–C–C–N with tert-alkyl or cyclic N) is 1. The van der Waals surface area contributed by atoms with E-state index in [4.69, 9.17) is 0 Å². The molecule has 0 saturated carbocycles. The van der Waals surface area contributed by atoms with Crippen molar-refractivity contribution in [3.8, 4) is 0 Å². The first kappa shape index (κ1) is 16.4. The molecule has 23 heavy (non-hydrogen) atoms. The highest BCUT2D eigenvalue weighted by Crippen LogP contribution is 2.18. The Kier molecular flexibility index (Phi) is 5.65. The van der Waals surface area contributed by atoms with Crippen molar-refractivity contribution in [1.82, 2.24) is 15.1 Å². The number of piperazine rings is 1. The van der Waals surface area contributed by atoms with Gasteiger partial charge in [0.2, 0.25) is 5.91 Å². The van der Waals surface area contributed by atoms with E-state index < -0.39 is 6.10 Å². The van der Waals surface area contributed by atoms with E-state index in [1.54, 1.807) is 0 Å². The summed E-state index contributed by atoms with van der Waals surface area (Å²) in [6.45, 7) is 5.81. The lowest BCUT2D eigenvalue weighted by atomic mass is 9.96. The second-order valence-electron chi connectivity index (χ2n) is 6.58. The molecule has 2 aliphatic heterocycles. The molecule has 2 aliphatic rings. The molecule has 0 radical (unpaired) electrons. The van der Waals surface area contributed by atoms with Gasteiger partial charge in [-0.2, -0.15) is 0 Å². The number of nitrogens with zero attached hydrogens (tertiary/aromatic N) is 2. The summed E-state index contributed by atoms with van der Waals surface area (Å²) in [6, 6.07) is 9.78. The molecule has 5 heteroatoms. The van der Waals surface area contributed by atoms with Crippen molar-refractivity contribution in [2.45, 2.75) is 18.9 Å². The molecule has 1 amide bonds. The summed E-state index contributed by atoms with van der Waals surface area (Å²) in [5, 5.41) is 13.6. The molecule has 1 aromatic rings. The monoisotopic (exact) mass is 317 g/mol. The predicted octanol–water partition coefficient (Wildman–Crippen LogP) is 0.864. The van der Waals surface area contributed by atoms with Crippen molar-refractivity contribution >= 4 is 5.91 Å². The van der Waals surface area contributed by atoms with Crippen molar-refractivity contribution < 1.29 is 9.90 Å². The second-order valence-corrected chi connectivity index (χ2v) is 6.58. The zero-order valence-corrected chi connectivity index (χ0v) is 13.7. The van der Waals surface area contributed by atoms with Crippen LogP contribution in [-0.2, 0) is 4.79 Å². The van der Waals surface area contributed by atoms with Crippen LogP contribution in [0.2, 0.25) is 0 Å². The molecule has 1 atom stereocenters. The maximum absolute atomic E-state index is 12.5. The van der Waals surface area contributed by atoms with E-state index in [2.05, 4.69) is 10.2 Å². The molecule has 0 aromatic heterocycles. The van der Waals surface area contributed by atoms with Gasteiger partial charge in [-0.3, -0.25) is 9.69 Å². The van der Waals surface area contributed by atoms with Crippen molar-refractivity contribution in [1.29, 1.82) is 0 Å². The summed E-state index contributed by atoms with van der Waals surface area (Å²) in [7, 11) is 0. The third kappa shape index (κ3) is 4.31. The molecule has 2 saturated heterocycles. The minimum absolute atomic E-state index is 0.206. The predicted molar refractivity (Wildman–Crippen MR) is 90.0 cm³/mol. The number of carbonyl (C=O) groups excluding carboxylic acids is 1. The summed E-state index contributed by atoms with van der Waals surface area (Å²) in [5.41, 5.74) is 0.959. The highest BCUT2D eigenvalue weighted by molar-refractivity contribution is 5.79. The SMILES string of the molecule is O=C(C1CCNCC1)N1CCN(CC(O)c2ccccc2)CC1. The Morgan fingerprint density at radius 2 is 1.78 bits per heavy atom. The lowest BCUT2D eigenvalue weighted by Crippen LogP contribution is -2.52. The number of hydrogen-bond acceptors (Lipinski definition) is 4. The van der Waals surface area contributed by atoms with Gasteiger partial charge in [0, 0.05) is 38.6 Å². The van der Waals surface area contributed by atoms with Crippen molar-refractivity contribution in [2.24, 2.45) is 5.92 Å². The Morgan fingerprint density at radius 1 is 1.13 bits per heavy atom. The van der Waals surface area contributed by atoms with Gasteiger partial charge in [-0.25, -0.2) is 0 Å². The van der Waals surface area contributed by atoms with Gasteiger partial charge in [0.25, 0.3) is 0 Å². The van der Waals surface area contributed by atoms with Gasteiger partial charge < -0.3 is 15.3 Å². The van der Waals surface area contributed by atoms with Crippen LogP contribution in [0, 0.1) is 5.92 Å². The first-order valence-electron chi connectivity index (χ1n) is 8.69. The largest absolute Gasteiger partial charge is 0.387 e. The Hall–Kier alpha value is -1.43. The topological polar surface area (TPSA) is 55.8 Å². The minimum atomic E-state index is -0.456. The van der Waals surface area contributed by atoms with Crippen LogP contribution >= 0.6 is 0 Å². The van der Waals surface area contributed by atoms with Crippen LogP contribution < -0.4 is 5.32 Å². The van der Waals surface area contributed by atoms with Crippen LogP contribution in [0.1, 0.15) is 24.5 Å². The van der Waals surface area contributed by atoms with Crippen LogP contribution in [0.3, 0.4) is 0 Å². The van der Waals surface area contributed by atoms with Gasteiger partial charge in [-0.05, 0) is 31.5 Å². The van der Waals surface area contributed by atoms with Gasteiger partial charge in [0.1, 0.15) is 0 Å². The van der Waals surface area contributed by atoms with E-state index in [0.29, 0.717) is 12.5 Å². The number of rotatable bonds is 4. The zero-order chi connectivity index (χ0) is 16.1. The average molecular weight is 317 g/mol. The number of piperidine rings is 1. The van der Waals surface area contributed by atoms with E-state index >= 15 is 0 Å². The lowest BCUT2D eigenvalue weighted by Gasteiger charge is -2.37. The highest BCUT2D eigenvalue weighted by atomic mass is 16.3. The number of benzene rings is 1. The molecule has 0 aliphatic carbocycles. The Bertz CT molecular complexity index is 494. The first-order valence-corrected chi connectivity index (χ1v) is 8.69. The van der Waals surface area contributed by atoms with Gasteiger partial charge >= 0.3 is 0 Å². The fourth-order valence-electron chi connectivity index (χ4n) is 3.50. The molecule has 3 rings (SSSR count). The van der Waals surface area contributed by atoms with Gasteiger partial charge in [0.15, 0.2) is 0 Å². The van der Waals surface area contributed by atoms with Crippen molar-refractivity contribution in [3.63, 3.8) is 0 Å². The maximum Gasteiger partial charge on any atom is 0.225 e. The van der Waals surface area contributed by atoms with Gasteiger partial charge in [0.05, 0.1) is 6.10 Å². The van der Waals surface area contributed by atoms with Crippen LogP contribution in [0.15, 0.2) is 30.3 Å². The molecule has 2 heterocycles. The maximum atomic E-state index is 12.5. The van der Waals surface area contributed by atoms with Crippen molar-refractivity contribution in [2.75, 3.05) is 45.8 Å². The highest BCUT2D eigenvalue weighted by Gasteiger charge is 2.28. The van der Waals surface area contributed by atoms with E-state index in [1.807, 2.05) is 35.2 Å². The van der Waals surface area contributed by atoms with E-state index in [1.165, 1.54) is 0 Å². The fourth-order valence-corrected chi connectivity index (χ4v) is 3.50. The normalized spacial score (nSPS) is 22.0. The Labute approximate surface area is 138 Å². The molecular weight excluding hydrogens is 290 g/mol. The molecule has 1 aromatic carbocycles. The molecule has 2 fully saturated rings. The zero-order valence-electron chi connectivity index (χ0n) is 13.7. The number of nitrogens with one attached hydrogen (secondary N) is 1. The number of aliphatic hydroxyl groups excluding tert-OH is 1. The summed E-state index contributed by atoms with van der Waals surface area (Å²) in [4.78, 5) is 16.8. The molecule has 2 N–H and O–H groups in total. The van der Waals surface area contributed by atoms with Gasteiger partial charge in [-0.1, -0.05) is 30.3 Å². The molecule has 0 bridgehead atoms. The smallest absolute Gasteiger partial charge is 0.225 e. The van der Waals surface area contributed by atoms with Crippen molar-refractivity contribution in [3.05, 3.63) is 35.9 Å². The summed E-state index contributed by atoms with van der Waals surface area (Å²) >= 11 is 0. The molecule has 5 nitrogen and oxygen atoms in total. The van der Waals surface area contributed by atoms with Gasteiger partial charge in [-0.15, -0.1) is 0 Å². The third-order valence-corrected chi connectivity index (χ3v) is 4.99. The number of amides is 1. The second kappa shape index (κ2) is 7.90. The minimum Gasteiger partial charge on any atom is -0.387 e. The van der Waals surface area contributed by atoms with Crippen LogP contribution in [-0.4, -0.2) is 66.6 Å². The molecule has 126 valence electrons. The van der Waals surface area contributed by atoms with E-state index in [9.17, 15) is 9.90 Å². The first-order chi connectivity index (χ1) is 11.2. The third-order valence-electron chi connectivity index (χ3n) is 4.99. The molecule has 1 unspecified atom stereocenters. The van der Waals surface area contributed by atoms with Crippen LogP contribution in [0.5, 0.6) is 0 Å². The van der Waals surface area contributed by atoms with Crippen LogP contribution in [0.25, 0.3) is 0 Å². The Balaban J connectivity index is 1.45. The number of carbonyl (C=O) groups is 1. The average Bonchev–Trinajstić information content (AvgIpc) is 2.63. The molecule has 0 spiro atoms. The standard InChI is InChI=1S/C18H27N3O2/c22-17(15-4-2-1-3-5-15)14-20-10-12-21(13-11-20)18(23)16-6-8-19-9-7-16/h1-5,16-17,19,22H,6-14H2. The summed E-state index contributed by atoms with van der Waals surface area (Å²) < 4.78 is 0. The van der Waals surface area contributed by atoms with Crippen LogP contribution in [0.4, 0.5) is 0 Å². The molecular formula is C18H27N3O2. The number of aliphatic hydroxyl groups is 1. The van der Waals surface area contributed by atoms with E-state index in [0.717, 1.165) is 57.7 Å². The summed E-state index contributed by atoms with van der Waals surface area (Å²) in [5.74, 6) is 0.535. The number of hydrogen-bond donors (Lipinski definition) is 2. The fraction of sp³-hybridized carbons (Fsp3) is 0.611.